The van der Waals surface area contributed by atoms with E-state index in [9.17, 15) is 4.79 Å². The van der Waals surface area contributed by atoms with Gasteiger partial charge in [-0.25, -0.2) is 4.98 Å². The highest BCUT2D eigenvalue weighted by atomic mass is 16.4. The van der Waals surface area contributed by atoms with Crippen LogP contribution in [0.4, 0.5) is 5.95 Å². The number of carbonyl (C=O) groups excluding carboxylic acids is 1. The fraction of sp³-hybridized carbons (Fsp3) is 0.625. The van der Waals surface area contributed by atoms with E-state index in [0.717, 1.165) is 37.4 Å². The molecule has 1 amide bonds. The van der Waals surface area contributed by atoms with Crippen molar-refractivity contribution in [3.05, 3.63) is 23.7 Å². The largest absolute Gasteiger partial charge is 0.445 e. The molecule has 1 aliphatic heterocycles. The van der Waals surface area contributed by atoms with Crippen molar-refractivity contribution in [3.8, 4) is 0 Å². The maximum absolute atomic E-state index is 12.1. The van der Waals surface area contributed by atoms with E-state index < -0.39 is 0 Å². The van der Waals surface area contributed by atoms with E-state index in [4.69, 9.17) is 4.42 Å². The highest BCUT2D eigenvalue weighted by molar-refractivity contribution is 5.89. The van der Waals surface area contributed by atoms with Crippen LogP contribution in [0.15, 0.2) is 10.6 Å². The highest BCUT2D eigenvalue weighted by Gasteiger charge is 2.20. The van der Waals surface area contributed by atoms with Crippen LogP contribution in [0.5, 0.6) is 0 Å². The second kappa shape index (κ2) is 6.14. The van der Waals surface area contributed by atoms with Gasteiger partial charge in [-0.1, -0.05) is 20.8 Å². The number of anilines is 1. The van der Waals surface area contributed by atoms with Gasteiger partial charge in [0.25, 0.3) is 0 Å². The quantitative estimate of drug-likeness (QED) is 0.936. The molecule has 0 radical (unpaired) electrons. The number of hydrogen-bond donors (Lipinski definition) is 1. The van der Waals surface area contributed by atoms with Crippen LogP contribution in [0.25, 0.3) is 0 Å². The van der Waals surface area contributed by atoms with Crippen LogP contribution in [0.1, 0.15) is 57.5 Å². The minimum atomic E-state index is -0.0960. The monoisotopic (exact) mass is 317 g/mol. The van der Waals surface area contributed by atoms with Gasteiger partial charge in [-0.05, 0) is 12.8 Å². The number of rotatable bonds is 4. The topological polar surface area (TPSA) is 85.8 Å². The molecular formula is C16H23N5O2. The third-order valence-electron chi connectivity index (χ3n) is 3.97. The zero-order chi connectivity index (χ0) is 16.4. The molecule has 0 saturated carbocycles. The minimum absolute atomic E-state index is 0.0753. The Hall–Kier alpha value is -2.18. The Morgan fingerprint density at radius 2 is 2.17 bits per heavy atom. The third-order valence-corrected chi connectivity index (χ3v) is 3.97. The molecule has 2 aromatic rings. The molecule has 0 unspecified atom stereocenters. The Kier molecular flexibility index (Phi) is 4.19. The number of fused-ring (bicyclic) bond motifs is 1. The van der Waals surface area contributed by atoms with Gasteiger partial charge in [0.1, 0.15) is 11.6 Å². The molecule has 0 saturated heterocycles. The smallest absolute Gasteiger partial charge is 0.231 e. The first-order chi connectivity index (χ1) is 10.9. The number of carbonyl (C=O) groups is 1. The van der Waals surface area contributed by atoms with Crippen molar-refractivity contribution in [1.82, 2.24) is 19.7 Å². The summed E-state index contributed by atoms with van der Waals surface area (Å²) in [5.41, 5.74) is -0.0753. The zero-order valence-corrected chi connectivity index (χ0v) is 13.9. The van der Waals surface area contributed by atoms with Crippen molar-refractivity contribution >= 4 is 11.9 Å². The van der Waals surface area contributed by atoms with Crippen molar-refractivity contribution in [2.24, 2.45) is 0 Å². The zero-order valence-electron chi connectivity index (χ0n) is 13.9. The number of aromatic nitrogens is 4. The van der Waals surface area contributed by atoms with Crippen molar-refractivity contribution in [3.63, 3.8) is 0 Å². The van der Waals surface area contributed by atoms with Gasteiger partial charge in [0, 0.05) is 31.2 Å². The Bertz CT molecular complexity index is 696. The molecule has 0 atom stereocenters. The third kappa shape index (κ3) is 3.60. The number of nitrogens with zero attached hydrogens (tertiary/aromatic N) is 4. The van der Waals surface area contributed by atoms with Crippen LogP contribution in [0.2, 0.25) is 0 Å². The van der Waals surface area contributed by atoms with Gasteiger partial charge >= 0.3 is 0 Å². The average Bonchev–Trinajstić information content (AvgIpc) is 3.12. The molecule has 2 aromatic heterocycles. The van der Waals surface area contributed by atoms with Gasteiger partial charge in [-0.15, -0.1) is 10.2 Å². The summed E-state index contributed by atoms with van der Waals surface area (Å²) in [7, 11) is 0. The minimum Gasteiger partial charge on any atom is -0.445 e. The summed E-state index contributed by atoms with van der Waals surface area (Å²) in [6, 6.07) is 0. The maximum atomic E-state index is 12.1. The van der Waals surface area contributed by atoms with E-state index in [1.165, 1.54) is 0 Å². The number of amides is 1. The van der Waals surface area contributed by atoms with Crippen molar-refractivity contribution < 1.29 is 9.21 Å². The Morgan fingerprint density at radius 1 is 1.35 bits per heavy atom. The molecule has 7 heteroatoms. The summed E-state index contributed by atoms with van der Waals surface area (Å²) in [6.45, 7) is 7.07. The van der Waals surface area contributed by atoms with Crippen LogP contribution in [0, 0.1) is 0 Å². The van der Waals surface area contributed by atoms with Gasteiger partial charge in [0.2, 0.25) is 11.9 Å². The molecule has 7 nitrogen and oxygen atoms in total. The van der Waals surface area contributed by atoms with Crippen molar-refractivity contribution in [2.75, 3.05) is 5.32 Å². The molecule has 3 rings (SSSR count). The van der Waals surface area contributed by atoms with Crippen LogP contribution in [-0.4, -0.2) is 25.7 Å². The van der Waals surface area contributed by atoms with E-state index in [1.54, 1.807) is 6.20 Å². The lowest BCUT2D eigenvalue weighted by Crippen LogP contribution is -2.19. The molecule has 124 valence electrons. The SMILES string of the molecule is CC(C)(C)c1cnc(CCC(=O)Nc2nnc3n2CCCC3)o1. The Morgan fingerprint density at radius 3 is 2.91 bits per heavy atom. The van der Waals surface area contributed by atoms with Gasteiger partial charge < -0.3 is 4.42 Å². The molecule has 0 bridgehead atoms. The summed E-state index contributed by atoms with van der Waals surface area (Å²) in [4.78, 5) is 16.4. The number of aryl methyl sites for hydroxylation is 2. The summed E-state index contributed by atoms with van der Waals surface area (Å²) in [5.74, 6) is 2.83. The fourth-order valence-corrected chi connectivity index (χ4v) is 2.58. The summed E-state index contributed by atoms with van der Waals surface area (Å²) in [5, 5.41) is 11.0. The normalized spacial score (nSPS) is 14.6. The lowest BCUT2D eigenvalue weighted by atomic mass is 9.94. The molecule has 3 heterocycles. The Labute approximate surface area is 135 Å². The van der Waals surface area contributed by atoms with Gasteiger partial charge in [0.05, 0.1) is 6.20 Å². The van der Waals surface area contributed by atoms with Crippen LogP contribution < -0.4 is 5.32 Å². The van der Waals surface area contributed by atoms with Gasteiger partial charge in [-0.2, -0.15) is 0 Å². The molecule has 1 N–H and O–H groups in total. The molecule has 0 spiro atoms. The predicted octanol–water partition coefficient (Wildman–Crippen LogP) is 2.47. The van der Waals surface area contributed by atoms with Gasteiger partial charge in [0.15, 0.2) is 5.89 Å². The molecule has 0 aromatic carbocycles. The number of nitrogens with one attached hydrogen (secondary N) is 1. The van der Waals surface area contributed by atoms with E-state index in [-0.39, 0.29) is 11.3 Å². The predicted molar refractivity (Wildman–Crippen MR) is 85.1 cm³/mol. The maximum Gasteiger partial charge on any atom is 0.231 e. The van der Waals surface area contributed by atoms with E-state index in [1.807, 2.05) is 4.57 Å². The van der Waals surface area contributed by atoms with Crippen molar-refractivity contribution in [1.29, 1.82) is 0 Å². The molecule has 1 aliphatic rings. The van der Waals surface area contributed by atoms with Crippen LogP contribution in [0.3, 0.4) is 0 Å². The first-order valence-corrected chi connectivity index (χ1v) is 8.10. The summed E-state index contributed by atoms with van der Waals surface area (Å²) < 4.78 is 7.69. The number of oxazole rings is 1. The van der Waals surface area contributed by atoms with E-state index in [2.05, 4.69) is 41.3 Å². The van der Waals surface area contributed by atoms with Crippen LogP contribution >= 0.6 is 0 Å². The standard InChI is InChI=1S/C16H23N5O2/c1-16(2,3)11-10-17-14(23-11)8-7-13(22)18-15-20-19-12-6-4-5-9-21(12)15/h10H,4-9H2,1-3H3,(H,18,20,22). The van der Waals surface area contributed by atoms with Crippen molar-refractivity contribution in [2.45, 2.75) is 64.8 Å². The molecule has 23 heavy (non-hydrogen) atoms. The summed E-state index contributed by atoms with van der Waals surface area (Å²) >= 11 is 0. The van der Waals surface area contributed by atoms with Crippen LogP contribution in [-0.2, 0) is 29.6 Å². The number of hydrogen-bond acceptors (Lipinski definition) is 5. The van der Waals surface area contributed by atoms with E-state index >= 15 is 0 Å². The first-order valence-electron chi connectivity index (χ1n) is 8.10. The second-order valence-electron chi connectivity index (χ2n) is 6.97. The highest BCUT2D eigenvalue weighted by Crippen LogP contribution is 2.23. The lowest BCUT2D eigenvalue weighted by molar-refractivity contribution is -0.116. The lowest BCUT2D eigenvalue weighted by Gasteiger charge is -2.14. The molecule has 0 aliphatic carbocycles. The molecule has 0 fully saturated rings. The fourth-order valence-electron chi connectivity index (χ4n) is 2.58. The first kappa shape index (κ1) is 15.7. The second-order valence-corrected chi connectivity index (χ2v) is 6.97. The summed E-state index contributed by atoms with van der Waals surface area (Å²) in [6.07, 6.45) is 5.68. The Balaban J connectivity index is 1.56. The average molecular weight is 317 g/mol. The molecular weight excluding hydrogens is 294 g/mol. The van der Waals surface area contributed by atoms with E-state index in [0.29, 0.717) is 24.7 Å². The van der Waals surface area contributed by atoms with Gasteiger partial charge in [-0.3, -0.25) is 14.7 Å².